The van der Waals surface area contributed by atoms with Crippen LogP contribution in [-0.4, -0.2) is 60.0 Å². The molecule has 2 aromatic carbocycles. The number of carbonyl (C=O) groups excluding carboxylic acids is 2. The Balaban J connectivity index is 1.21. The van der Waals surface area contributed by atoms with Gasteiger partial charge >= 0.3 is 0 Å². The van der Waals surface area contributed by atoms with E-state index in [0.29, 0.717) is 19.7 Å². The molecule has 0 aromatic heterocycles. The number of benzene rings is 2. The molecule has 0 radical (unpaired) electrons. The van der Waals surface area contributed by atoms with Crippen molar-refractivity contribution in [1.82, 2.24) is 15.1 Å². The van der Waals surface area contributed by atoms with Gasteiger partial charge in [0.25, 0.3) is 5.91 Å². The number of likely N-dealkylation sites (tertiary alicyclic amines) is 1. The van der Waals surface area contributed by atoms with Gasteiger partial charge in [0.05, 0.1) is 0 Å². The molecule has 3 aliphatic heterocycles. The van der Waals surface area contributed by atoms with Crippen molar-refractivity contribution in [3.63, 3.8) is 0 Å². The van der Waals surface area contributed by atoms with E-state index in [-0.39, 0.29) is 24.0 Å². The van der Waals surface area contributed by atoms with Crippen LogP contribution in [0.2, 0.25) is 0 Å². The smallest absolute Gasteiger partial charge is 0.254 e. The molecule has 7 nitrogen and oxygen atoms in total. The van der Waals surface area contributed by atoms with E-state index in [1.807, 2.05) is 41.3 Å². The standard InChI is InChI=1S/C25H29N3O4/c1-17(29)26-12-18-8-9-22-19(11-18)13-28(25(22)30)20-5-4-10-27(14-20)15-21-16-31-23-6-2-3-7-24(23)32-21/h2-3,6-9,11,20-21H,4-5,10,12-16H2,1H3,(H,26,29)/t20-,21-/m0/s1. The second-order valence-electron chi connectivity index (χ2n) is 8.89. The van der Waals surface area contributed by atoms with Gasteiger partial charge < -0.3 is 19.7 Å². The number of carbonyl (C=O) groups is 2. The molecule has 3 heterocycles. The van der Waals surface area contributed by atoms with Crippen LogP contribution < -0.4 is 14.8 Å². The van der Waals surface area contributed by atoms with Gasteiger partial charge in [0.2, 0.25) is 5.91 Å². The highest BCUT2D eigenvalue weighted by atomic mass is 16.6. The number of nitrogens with one attached hydrogen (secondary N) is 1. The predicted molar refractivity (Wildman–Crippen MR) is 120 cm³/mol. The van der Waals surface area contributed by atoms with Crippen LogP contribution >= 0.6 is 0 Å². The van der Waals surface area contributed by atoms with Crippen LogP contribution in [0.25, 0.3) is 0 Å². The molecule has 1 fully saturated rings. The molecule has 2 atom stereocenters. The maximum absolute atomic E-state index is 13.1. The van der Waals surface area contributed by atoms with Crippen molar-refractivity contribution in [2.75, 3.05) is 26.2 Å². The van der Waals surface area contributed by atoms with Crippen molar-refractivity contribution in [1.29, 1.82) is 0 Å². The van der Waals surface area contributed by atoms with E-state index in [2.05, 4.69) is 16.3 Å². The van der Waals surface area contributed by atoms with Crippen LogP contribution in [-0.2, 0) is 17.9 Å². The SMILES string of the molecule is CC(=O)NCc1ccc2c(c1)CN([C@H]1CCCN(C[C@H]3COc4ccccc4O3)C1)C2=O. The lowest BCUT2D eigenvalue weighted by Gasteiger charge is -2.39. The lowest BCUT2D eigenvalue weighted by atomic mass is 10.0. The third-order valence-electron chi connectivity index (χ3n) is 6.49. The van der Waals surface area contributed by atoms with E-state index in [4.69, 9.17) is 9.47 Å². The average molecular weight is 436 g/mol. The van der Waals surface area contributed by atoms with Gasteiger partial charge in [-0.2, -0.15) is 0 Å². The molecule has 2 amide bonds. The summed E-state index contributed by atoms with van der Waals surface area (Å²) in [4.78, 5) is 28.7. The van der Waals surface area contributed by atoms with Crippen molar-refractivity contribution in [2.45, 2.75) is 45.0 Å². The quantitative estimate of drug-likeness (QED) is 0.782. The normalized spacial score (nSPS) is 22.5. The number of para-hydroxylation sites is 2. The summed E-state index contributed by atoms with van der Waals surface area (Å²) in [5.41, 5.74) is 2.86. The molecule has 2 aromatic rings. The number of amides is 2. The third-order valence-corrected chi connectivity index (χ3v) is 6.49. The Labute approximate surface area is 188 Å². The van der Waals surface area contributed by atoms with Gasteiger partial charge in [-0.1, -0.05) is 24.3 Å². The molecule has 5 rings (SSSR count). The number of ether oxygens (including phenoxy) is 2. The molecule has 1 N–H and O–H groups in total. The highest BCUT2D eigenvalue weighted by molar-refractivity contribution is 5.98. The van der Waals surface area contributed by atoms with Crippen LogP contribution in [0.15, 0.2) is 42.5 Å². The van der Waals surface area contributed by atoms with Crippen molar-refractivity contribution < 1.29 is 19.1 Å². The number of fused-ring (bicyclic) bond motifs is 2. The zero-order valence-electron chi connectivity index (χ0n) is 18.4. The van der Waals surface area contributed by atoms with E-state index in [1.54, 1.807) is 0 Å². The minimum absolute atomic E-state index is 0.00791. The molecule has 168 valence electrons. The molecule has 0 saturated carbocycles. The number of nitrogens with zero attached hydrogens (tertiary/aromatic N) is 2. The second kappa shape index (κ2) is 8.82. The molecule has 32 heavy (non-hydrogen) atoms. The van der Waals surface area contributed by atoms with E-state index in [1.165, 1.54) is 6.92 Å². The first kappa shape index (κ1) is 20.8. The summed E-state index contributed by atoms with van der Waals surface area (Å²) in [5, 5.41) is 2.82. The maximum Gasteiger partial charge on any atom is 0.254 e. The van der Waals surface area contributed by atoms with E-state index in [0.717, 1.165) is 60.7 Å². The molecule has 0 spiro atoms. The Bertz CT molecular complexity index is 1020. The second-order valence-corrected chi connectivity index (χ2v) is 8.89. The largest absolute Gasteiger partial charge is 0.486 e. The Morgan fingerprint density at radius 2 is 2.03 bits per heavy atom. The summed E-state index contributed by atoms with van der Waals surface area (Å²) in [6, 6.07) is 13.9. The minimum atomic E-state index is -0.0543. The van der Waals surface area contributed by atoms with E-state index in [9.17, 15) is 9.59 Å². The topological polar surface area (TPSA) is 71.1 Å². The Hall–Kier alpha value is -3.06. The van der Waals surface area contributed by atoms with Crippen molar-refractivity contribution in [3.05, 3.63) is 59.2 Å². The molecular formula is C25H29N3O4. The zero-order chi connectivity index (χ0) is 22.1. The summed E-state index contributed by atoms with van der Waals surface area (Å²) >= 11 is 0. The lowest BCUT2D eigenvalue weighted by molar-refractivity contribution is -0.119. The van der Waals surface area contributed by atoms with Crippen LogP contribution in [0.3, 0.4) is 0 Å². The molecule has 3 aliphatic rings. The molecular weight excluding hydrogens is 406 g/mol. The summed E-state index contributed by atoms with van der Waals surface area (Å²) in [6.45, 7) is 5.83. The number of rotatable bonds is 5. The molecule has 7 heteroatoms. The number of piperidine rings is 1. The molecule has 0 aliphatic carbocycles. The van der Waals surface area contributed by atoms with Gasteiger partial charge in [0.15, 0.2) is 11.5 Å². The van der Waals surface area contributed by atoms with Crippen LogP contribution in [0.4, 0.5) is 0 Å². The molecule has 1 saturated heterocycles. The minimum Gasteiger partial charge on any atom is -0.486 e. The van der Waals surface area contributed by atoms with Gasteiger partial charge in [-0.05, 0) is 48.7 Å². The number of hydrogen-bond acceptors (Lipinski definition) is 5. The highest BCUT2D eigenvalue weighted by Crippen LogP contribution is 2.32. The third kappa shape index (κ3) is 4.30. The van der Waals surface area contributed by atoms with Crippen molar-refractivity contribution >= 4 is 11.8 Å². The zero-order valence-corrected chi connectivity index (χ0v) is 18.4. The average Bonchev–Trinajstić information content (AvgIpc) is 3.13. The fourth-order valence-corrected chi connectivity index (χ4v) is 4.92. The Kier molecular flexibility index (Phi) is 5.74. The lowest BCUT2D eigenvalue weighted by Crippen LogP contribution is -2.51. The Morgan fingerprint density at radius 3 is 2.88 bits per heavy atom. The van der Waals surface area contributed by atoms with Gasteiger partial charge in [-0.3, -0.25) is 14.5 Å². The summed E-state index contributed by atoms with van der Waals surface area (Å²) in [7, 11) is 0. The Morgan fingerprint density at radius 1 is 1.19 bits per heavy atom. The van der Waals surface area contributed by atoms with Gasteiger partial charge in [-0.15, -0.1) is 0 Å². The summed E-state index contributed by atoms with van der Waals surface area (Å²) < 4.78 is 12.0. The monoisotopic (exact) mass is 435 g/mol. The fraction of sp³-hybridized carbons (Fsp3) is 0.440. The van der Waals surface area contributed by atoms with Gasteiger partial charge in [0, 0.05) is 44.7 Å². The first-order valence-electron chi connectivity index (χ1n) is 11.3. The van der Waals surface area contributed by atoms with Crippen LogP contribution in [0, 0.1) is 0 Å². The fourth-order valence-electron chi connectivity index (χ4n) is 4.92. The molecule has 0 bridgehead atoms. The van der Waals surface area contributed by atoms with Crippen LogP contribution in [0.1, 0.15) is 41.3 Å². The maximum atomic E-state index is 13.1. The van der Waals surface area contributed by atoms with E-state index >= 15 is 0 Å². The summed E-state index contributed by atoms with van der Waals surface area (Å²) in [6.07, 6.45) is 2.06. The number of hydrogen-bond donors (Lipinski definition) is 1. The van der Waals surface area contributed by atoms with Crippen LogP contribution in [0.5, 0.6) is 11.5 Å². The van der Waals surface area contributed by atoms with Gasteiger partial charge in [0.1, 0.15) is 12.7 Å². The first-order valence-corrected chi connectivity index (χ1v) is 11.3. The van der Waals surface area contributed by atoms with Crippen molar-refractivity contribution in [3.8, 4) is 11.5 Å². The highest BCUT2D eigenvalue weighted by Gasteiger charge is 2.36. The molecule has 0 unspecified atom stereocenters. The van der Waals surface area contributed by atoms with Gasteiger partial charge in [-0.25, -0.2) is 0 Å². The summed E-state index contributed by atoms with van der Waals surface area (Å²) in [5.74, 6) is 1.67. The van der Waals surface area contributed by atoms with E-state index < -0.39 is 0 Å². The first-order chi connectivity index (χ1) is 15.6. The van der Waals surface area contributed by atoms with Crippen molar-refractivity contribution in [2.24, 2.45) is 0 Å². The predicted octanol–water partition coefficient (Wildman–Crippen LogP) is 2.58.